The molecule has 0 saturated carbocycles. The van der Waals surface area contributed by atoms with E-state index in [1.165, 1.54) is 41.2 Å². The summed E-state index contributed by atoms with van der Waals surface area (Å²) in [7, 11) is 0. The number of hydrogen-bond donors (Lipinski definition) is 1. The van der Waals surface area contributed by atoms with E-state index in [4.69, 9.17) is 4.74 Å². The molecule has 0 atom stereocenters. The minimum absolute atomic E-state index is 0.0676. The van der Waals surface area contributed by atoms with Crippen LogP contribution in [0.15, 0.2) is 79.0 Å². The number of carbonyl (C=O) groups is 1. The zero-order valence-electron chi connectivity index (χ0n) is 16.8. The molecule has 0 aliphatic heterocycles. The summed E-state index contributed by atoms with van der Waals surface area (Å²) in [6, 6.07) is 18.3. The fourth-order valence-corrected chi connectivity index (χ4v) is 3.04. The van der Waals surface area contributed by atoms with Crippen molar-refractivity contribution in [3.8, 4) is 11.4 Å². The third-order valence-electron chi connectivity index (χ3n) is 4.71. The SMILES string of the molecule is O=C(NCc1c(F)cccc1F)c1nn(-c2ccc(F)cc2)cc1OCc1ccccc1. The zero-order chi connectivity index (χ0) is 22.5. The number of hydrogen-bond acceptors (Lipinski definition) is 3. The van der Waals surface area contributed by atoms with Crippen molar-refractivity contribution >= 4 is 5.91 Å². The third-order valence-corrected chi connectivity index (χ3v) is 4.71. The van der Waals surface area contributed by atoms with Crippen LogP contribution in [0.3, 0.4) is 0 Å². The van der Waals surface area contributed by atoms with Crippen molar-refractivity contribution in [1.29, 1.82) is 0 Å². The van der Waals surface area contributed by atoms with Crippen LogP contribution in [0.2, 0.25) is 0 Å². The molecule has 0 bridgehead atoms. The molecule has 8 heteroatoms. The molecule has 162 valence electrons. The first kappa shape index (κ1) is 21.2. The number of halogens is 3. The van der Waals surface area contributed by atoms with Crippen molar-refractivity contribution in [1.82, 2.24) is 15.1 Å². The highest BCUT2D eigenvalue weighted by Crippen LogP contribution is 2.22. The van der Waals surface area contributed by atoms with Gasteiger partial charge in [-0.2, -0.15) is 5.10 Å². The summed E-state index contributed by atoms with van der Waals surface area (Å²) < 4.78 is 48.2. The fourth-order valence-electron chi connectivity index (χ4n) is 3.04. The maximum absolute atomic E-state index is 13.9. The Balaban J connectivity index is 1.59. The Morgan fingerprint density at radius 1 is 0.906 bits per heavy atom. The van der Waals surface area contributed by atoms with E-state index in [1.54, 1.807) is 0 Å². The molecule has 1 aromatic heterocycles. The van der Waals surface area contributed by atoms with E-state index in [1.807, 2.05) is 30.3 Å². The van der Waals surface area contributed by atoms with Gasteiger partial charge in [-0.25, -0.2) is 17.9 Å². The molecule has 0 aliphatic rings. The van der Waals surface area contributed by atoms with Crippen LogP contribution in [0.4, 0.5) is 13.2 Å². The number of nitrogens with zero attached hydrogens (tertiary/aromatic N) is 2. The predicted octanol–water partition coefficient (Wildman–Crippen LogP) is 4.80. The zero-order valence-corrected chi connectivity index (χ0v) is 16.8. The van der Waals surface area contributed by atoms with Gasteiger partial charge in [0.25, 0.3) is 5.91 Å². The number of aromatic nitrogens is 2. The van der Waals surface area contributed by atoms with Crippen molar-refractivity contribution in [2.75, 3.05) is 0 Å². The molecule has 5 nitrogen and oxygen atoms in total. The highest BCUT2D eigenvalue weighted by Gasteiger charge is 2.20. The second-order valence-corrected chi connectivity index (χ2v) is 6.92. The van der Waals surface area contributed by atoms with Crippen LogP contribution < -0.4 is 10.1 Å². The molecule has 0 saturated heterocycles. The van der Waals surface area contributed by atoms with Crippen LogP contribution in [-0.4, -0.2) is 15.7 Å². The van der Waals surface area contributed by atoms with Crippen LogP contribution in [0.1, 0.15) is 21.6 Å². The topological polar surface area (TPSA) is 56.2 Å². The Bertz CT molecular complexity index is 1200. The Hall–Kier alpha value is -4.07. The van der Waals surface area contributed by atoms with Gasteiger partial charge in [0.15, 0.2) is 11.4 Å². The molecular weight excluding hydrogens is 419 g/mol. The summed E-state index contributed by atoms with van der Waals surface area (Å²) >= 11 is 0. The van der Waals surface area contributed by atoms with Crippen LogP contribution in [0.25, 0.3) is 5.69 Å². The molecule has 0 aliphatic carbocycles. The first-order valence-corrected chi connectivity index (χ1v) is 9.74. The molecule has 0 radical (unpaired) electrons. The average Bonchev–Trinajstić information content (AvgIpc) is 3.23. The van der Waals surface area contributed by atoms with Gasteiger partial charge in [-0.05, 0) is 42.0 Å². The van der Waals surface area contributed by atoms with Crippen LogP contribution >= 0.6 is 0 Å². The summed E-state index contributed by atoms with van der Waals surface area (Å²) in [4.78, 5) is 12.8. The van der Waals surface area contributed by atoms with E-state index < -0.39 is 23.4 Å². The number of nitrogens with one attached hydrogen (secondary N) is 1. The maximum atomic E-state index is 13.9. The highest BCUT2D eigenvalue weighted by atomic mass is 19.1. The molecule has 3 aromatic carbocycles. The van der Waals surface area contributed by atoms with Crippen molar-refractivity contribution in [2.45, 2.75) is 13.2 Å². The minimum atomic E-state index is -0.761. The first-order chi connectivity index (χ1) is 15.5. The number of rotatable bonds is 7. The Morgan fingerprint density at radius 3 is 2.28 bits per heavy atom. The molecular formula is C24H18F3N3O2. The highest BCUT2D eigenvalue weighted by molar-refractivity contribution is 5.94. The molecule has 1 amide bonds. The number of amides is 1. The van der Waals surface area contributed by atoms with Crippen LogP contribution in [0, 0.1) is 17.5 Å². The van der Waals surface area contributed by atoms with Gasteiger partial charge in [0.05, 0.1) is 11.9 Å². The lowest BCUT2D eigenvalue weighted by molar-refractivity contribution is 0.0940. The van der Waals surface area contributed by atoms with Gasteiger partial charge in [0.1, 0.15) is 24.1 Å². The Kier molecular flexibility index (Phi) is 6.21. The second-order valence-electron chi connectivity index (χ2n) is 6.92. The summed E-state index contributed by atoms with van der Waals surface area (Å²) in [6.07, 6.45) is 1.49. The molecule has 1 N–H and O–H groups in total. The van der Waals surface area contributed by atoms with E-state index in [0.717, 1.165) is 17.7 Å². The summed E-state index contributed by atoms with van der Waals surface area (Å²) in [5.74, 6) is -2.43. The first-order valence-electron chi connectivity index (χ1n) is 9.74. The number of benzene rings is 3. The standard InChI is InChI=1S/C24H18F3N3O2/c25-17-9-11-18(12-10-17)30-14-22(32-15-16-5-2-1-3-6-16)23(29-30)24(31)28-13-19-20(26)7-4-8-21(19)27/h1-12,14H,13,15H2,(H,28,31). The van der Waals surface area contributed by atoms with E-state index in [2.05, 4.69) is 10.4 Å². The van der Waals surface area contributed by atoms with Gasteiger partial charge < -0.3 is 10.1 Å². The number of carbonyl (C=O) groups excluding carboxylic acids is 1. The summed E-state index contributed by atoms with van der Waals surface area (Å²) in [5.41, 5.74) is 1.06. The van der Waals surface area contributed by atoms with Gasteiger partial charge >= 0.3 is 0 Å². The van der Waals surface area contributed by atoms with E-state index in [0.29, 0.717) is 5.69 Å². The van der Waals surface area contributed by atoms with Crippen LogP contribution in [-0.2, 0) is 13.2 Å². The average molecular weight is 437 g/mol. The molecule has 0 fully saturated rings. The monoisotopic (exact) mass is 437 g/mol. The lowest BCUT2D eigenvalue weighted by Crippen LogP contribution is -2.25. The van der Waals surface area contributed by atoms with Gasteiger partial charge in [-0.1, -0.05) is 36.4 Å². The van der Waals surface area contributed by atoms with E-state index in [9.17, 15) is 18.0 Å². The minimum Gasteiger partial charge on any atom is -0.485 e. The smallest absolute Gasteiger partial charge is 0.275 e. The van der Waals surface area contributed by atoms with Crippen molar-refractivity contribution in [3.63, 3.8) is 0 Å². The van der Waals surface area contributed by atoms with Gasteiger partial charge in [-0.15, -0.1) is 0 Å². The van der Waals surface area contributed by atoms with Crippen molar-refractivity contribution in [2.24, 2.45) is 0 Å². The Morgan fingerprint density at radius 2 is 1.59 bits per heavy atom. The summed E-state index contributed by atoms with van der Waals surface area (Å²) in [5, 5.41) is 6.72. The number of ether oxygens (including phenoxy) is 1. The molecule has 0 unspecified atom stereocenters. The Labute approximate surface area is 182 Å². The summed E-state index contributed by atoms with van der Waals surface area (Å²) in [6.45, 7) is -0.183. The lowest BCUT2D eigenvalue weighted by atomic mass is 10.2. The molecule has 32 heavy (non-hydrogen) atoms. The third kappa shape index (κ3) is 4.80. The maximum Gasteiger partial charge on any atom is 0.275 e. The molecule has 4 aromatic rings. The van der Waals surface area contributed by atoms with E-state index in [-0.39, 0.29) is 30.2 Å². The molecule has 0 spiro atoms. The van der Waals surface area contributed by atoms with Gasteiger partial charge in [0, 0.05) is 12.1 Å². The fraction of sp³-hybridized carbons (Fsp3) is 0.0833. The second kappa shape index (κ2) is 9.38. The lowest BCUT2D eigenvalue weighted by Gasteiger charge is -2.08. The molecule has 4 rings (SSSR count). The van der Waals surface area contributed by atoms with Gasteiger partial charge in [-0.3, -0.25) is 4.79 Å². The normalized spacial score (nSPS) is 10.7. The van der Waals surface area contributed by atoms with Crippen molar-refractivity contribution in [3.05, 3.63) is 113 Å². The van der Waals surface area contributed by atoms with Crippen LogP contribution in [0.5, 0.6) is 5.75 Å². The quantitative estimate of drug-likeness (QED) is 0.452. The largest absolute Gasteiger partial charge is 0.485 e. The molecule has 1 heterocycles. The van der Waals surface area contributed by atoms with Crippen molar-refractivity contribution < 1.29 is 22.7 Å². The predicted molar refractivity (Wildman–Crippen MR) is 112 cm³/mol. The van der Waals surface area contributed by atoms with E-state index >= 15 is 0 Å². The van der Waals surface area contributed by atoms with Gasteiger partial charge in [0.2, 0.25) is 0 Å².